The summed E-state index contributed by atoms with van der Waals surface area (Å²) in [5.74, 6) is 6.28. The number of ether oxygens (including phenoxy) is 2. The standard InChI is InChI=1S/C32H32O4.H2/c1-4-6-23-7-8-28-20-29(14-13-27(28)19-23)32(34)36-30-17-15-25(16-18-30)24-9-11-26(12-10-24)31(33)35-21-22(3)5-2;/h7-12,15-19,22,29H,5,13-14,20-21H2,1-3H3;1H. The molecule has 0 heterocycles. The number of esters is 2. The molecule has 0 aromatic heterocycles. The molecular weight excluding hydrogens is 448 g/mol. The van der Waals surface area contributed by atoms with Gasteiger partial charge in [0.25, 0.3) is 0 Å². The van der Waals surface area contributed by atoms with Gasteiger partial charge in [-0.1, -0.05) is 56.5 Å². The summed E-state index contributed by atoms with van der Waals surface area (Å²) < 4.78 is 11.1. The SMILES string of the molecule is CC#Cc1ccc2c(c1)CCC(C(=O)Oc1ccc(-c3ccc(C(=O)OCC(C)CC)cc3)cc1)C2.[HH]. The monoisotopic (exact) mass is 482 g/mol. The quantitative estimate of drug-likeness (QED) is 0.209. The molecule has 0 amide bonds. The van der Waals surface area contributed by atoms with Gasteiger partial charge in [-0.05, 0) is 90.8 Å². The first-order valence-corrected chi connectivity index (χ1v) is 12.6. The van der Waals surface area contributed by atoms with E-state index < -0.39 is 0 Å². The maximum Gasteiger partial charge on any atom is 0.338 e. The molecule has 186 valence electrons. The van der Waals surface area contributed by atoms with Crippen molar-refractivity contribution >= 4 is 11.9 Å². The first-order chi connectivity index (χ1) is 17.5. The zero-order valence-corrected chi connectivity index (χ0v) is 21.2. The Balaban J connectivity index is 0.00000380. The molecule has 0 saturated carbocycles. The lowest BCUT2D eigenvalue weighted by Gasteiger charge is -2.23. The lowest BCUT2D eigenvalue weighted by atomic mass is 9.83. The third-order valence-electron chi connectivity index (χ3n) is 6.76. The second-order valence-electron chi connectivity index (χ2n) is 9.43. The molecule has 36 heavy (non-hydrogen) atoms. The van der Waals surface area contributed by atoms with Crippen LogP contribution in [0, 0.1) is 23.7 Å². The third kappa shape index (κ3) is 6.23. The van der Waals surface area contributed by atoms with Gasteiger partial charge in [0.2, 0.25) is 0 Å². The van der Waals surface area contributed by atoms with E-state index in [1.807, 2.05) is 49.4 Å². The average Bonchev–Trinajstić information content (AvgIpc) is 2.92. The van der Waals surface area contributed by atoms with Gasteiger partial charge in [-0.15, -0.1) is 5.92 Å². The molecule has 4 heteroatoms. The second-order valence-corrected chi connectivity index (χ2v) is 9.43. The van der Waals surface area contributed by atoms with Crippen molar-refractivity contribution in [2.45, 2.75) is 46.5 Å². The number of rotatable bonds is 7. The molecule has 0 fully saturated rings. The predicted octanol–water partition coefficient (Wildman–Crippen LogP) is 6.88. The minimum absolute atomic E-state index is 0. The van der Waals surface area contributed by atoms with Crippen molar-refractivity contribution < 1.29 is 20.5 Å². The number of aryl methyl sites for hydroxylation is 1. The molecule has 1 aliphatic rings. The van der Waals surface area contributed by atoms with Crippen LogP contribution in [0.15, 0.2) is 66.7 Å². The van der Waals surface area contributed by atoms with Gasteiger partial charge in [0.05, 0.1) is 18.1 Å². The molecule has 3 aromatic carbocycles. The van der Waals surface area contributed by atoms with Crippen molar-refractivity contribution in [3.8, 4) is 28.7 Å². The fourth-order valence-corrected chi connectivity index (χ4v) is 4.31. The van der Waals surface area contributed by atoms with Crippen molar-refractivity contribution in [3.63, 3.8) is 0 Å². The Labute approximate surface area is 215 Å². The van der Waals surface area contributed by atoms with Crippen LogP contribution in [0.25, 0.3) is 11.1 Å². The van der Waals surface area contributed by atoms with Gasteiger partial charge in [-0.3, -0.25) is 4.79 Å². The summed E-state index contributed by atoms with van der Waals surface area (Å²) in [7, 11) is 0. The normalized spacial score (nSPS) is 15.1. The van der Waals surface area contributed by atoms with Crippen LogP contribution in [0.3, 0.4) is 0 Å². The van der Waals surface area contributed by atoms with Crippen LogP contribution in [0.5, 0.6) is 5.75 Å². The molecule has 2 unspecified atom stereocenters. The van der Waals surface area contributed by atoms with Crippen molar-refractivity contribution in [1.82, 2.24) is 0 Å². The highest BCUT2D eigenvalue weighted by molar-refractivity contribution is 5.90. The summed E-state index contributed by atoms with van der Waals surface area (Å²) >= 11 is 0. The highest BCUT2D eigenvalue weighted by atomic mass is 16.5. The largest absolute Gasteiger partial charge is 0.462 e. The first kappa shape index (κ1) is 25.3. The predicted molar refractivity (Wildman–Crippen MR) is 144 cm³/mol. The van der Waals surface area contributed by atoms with E-state index in [1.165, 1.54) is 11.1 Å². The van der Waals surface area contributed by atoms with Crippen LogP contribution in [-0.2, 0) is 22.4 Å². The first-order valence-electron chi connectivity index (χ1n) is 12.6. The smallest absolute Gasteiger partial charge is 0.338 e. The lowest BCUT2D eigenvalue weighted by molar-refractivity contribution is -0.139. The number of benzene rings is 3. The Morgan fingerprint density at radius 2 is 1.69 bits per heavy atom. The lowest BCUT2D eigenvalue weighted by Crippen LogP contribution is -2.26. The van der Waals surface area contributed by atoms with Gasteiger partial charge < -0.3 is 9.47 Å². The van der Waals surface area contributed by atoms with Crippen molar-refractivity contribution in [2.75, 3.05) is 6.61 Å². The zero-order chi connectivity index (χ0) is 25.5. The molecule has 4 nitrogen and oxygen atoms in total. The number of fused-ring (bicyclic) bond motifs is 1. The number of carbonyl (C=O) groups excluding carboxylic acids is 2. The van der Waals surface area contributed by atoms with E-state index in [0.717, 1.165) is 36.0 Å². The van der Waals surface area contributed by atoms with Crippen LogP contribution in [0.2, 0.25) is 0 Å². The Bertz CT molecular complexity index is 1280. The number of carbonyl (C=O) groups is 2. The molecule has 2 atom stereocenters. The summed E-state index contributed by atoms with van der Waals surface area (Å²) in [5, 5.41) is 0. The summed E-state index contributed by atoms with van der Waals surface area (Å²) in [6.07, 6.45) is 3.30. The van der Waals surface area contributed by atoms with E-state index in [9.17, 15) is 9.59 Å². The van der Waals surface area contributed by atoms with Gasteiger partial charge in [0.15, 0.2) is 0 Å². The van der Waals surface area contributed by atoms with Crippen LogP contribution in [0.1, 0.15) is 62.1 Å². The van der Waals surface area contributed by atoms with Gasteiger partial charge in [0.1, 0.15) is 5.75 Å². The van der Waals surface area contributed by atoms with Gasteiger partial charge in [-0.2, -0.15) is 0 Å². The van der Waals surface area contributed by atoms with Crippen molar-refractivity contribution in [1.29, 1.82) is 0 Å². The second kappa shape index (κ2) is 11.7. The van der Waals surface area contributed by atoms with Crippen LogP contribution >= 0.6 is 0 Å². The van der Waals surface area contributed by atoms with E-state index in [-0.39, 0.29) is 19.3 Å². The van der Waals surface area contributed by atoms with Crippen LogP contribution in [-0.4, -0.2) is 18.5 Å². The van der Waals surface area contributed by atoms with E-state index in [0.29, 0.717) is 30.3 Å². The molecular formula is C32H34O4. The molecule has 0 saturated heterocycles. The van der Waals surface area contributed by atoms with Gasteiger partial charge in [-0.25, -0.2) is 4.79 Å². The molecule has 0 N–H and O–H groups in total. The van der Waals surface area contributed by atoms with Crippen molar-refractivity contribution in [3.05, 3.63) is 89.0 Å². The third-order valence-corrected chi connectivity index (χ3v) is 6.76. The minimum atomic E-state index is -0.301. The number of hydrogen-bond acceptors (Lipinski definition) is 4. The highest BCUT2D eigenvalue weighted by Crippen LogP contribution is 2.29. The summed E-state index contributed by atoms with van der Waals surface area (Å²) in [6, 6.07) is 21.1. The fourth-order valence-electron chi connectivity index (χ4n) is 4.31. The summed E-state index contributed by atoms with van der Waals surface area (Å²) in [6.45, 7) is 6.40. The molecule has 0 bridgehead atoms. The van der Waals surface area contributed by atoms with E-state index in [2.05, 4.69) is 37.8 Å². The Kier molecular flexibility index (Phi) is 8.23. The Morgan fingerprint density at radius 1 is 1.00 bits per heavy atom. The van der Waals surface area contributed by atoms with E-state index >= 15 is 0 Å². The average molecular weight is 483 g/mol. The van der Waals surface area contributed by atoms with Gasteiger partial charge in [0, 0.05) is 6.99 Å². The number of hydrogen-bond donors (Lipinski definition) is 0. The molecule has 3 aromatic rings. The Hall–Kier alpha value is -3.84. The van der Waals surface area contributed by atoms with E-state index in [1.54, 1.807) is 12.1 Å². The zero-order valence-electron chi connectivity index (χ0n) is 21.2. The fraction of sp³-hybridized carbons (Fsp3) is 0.312. The molecule has 0 aliphatic heterocycles. The molecule has 0 spiro atoms. The van der Waals surface area contributed by atoms with Crippen LogP contribution < -0.4 is 4.74 Å². The minimum Gasteiger partial charge on any atom is -0.462 e. The molecule has 1 aliphatic carbocycles. The maximum absolute atomic E-state index is 12.8. The maximum atomic E-state index is 12.8. The highest BCUT2D eigenvalue weighted by Gasteiger charge is 2.26. The Morgan fingerprint density at radius 3 is 2.36 bits per heavy atom. The van der Waals surface area contributed by atoms with Crippen molar-refractivity contribution in [2.24, 2.45) is 11.8 Å². The summed E-state index contributed by atoms with van der Waals surface area (Å²) in [4.78, 5) is 25.1. The summed E-state index contributed by atoms with van der Waals surface area (Å²) in [5.41, 5.74) is 5.99. The topological polar surface area (TPSA) is 52.6 Å². The molecule has 4 rings (SSSR count). The molecule has 0 radical (unpaired) electrons. The van der Waals surface area contributed by atoms with Gasteiger partial charge >= 0.3 is 11.9 Å². The van der Waals surface area contributed by atoms with Crippen LogP contribution in [0.4, 0.5) is 0 Å². The van der Waals surface area contributed by atoms with E-state index in [4.69, 9.17) is 9.47 Å².